The highest BCUT2D eigenvalue weighted by molar-refractivity contribution is 7.93. The van der Waals surface area contributed by atoms with Crippen molar-refractivity contribution in [3.05, 3.63) is 40.9 Å². The molecule has 0 saturated heterocycles. The van der Waals surface area contributed by atoms with Crippen LogP contribution in [0.1, 0.15) is 40.4 Å². The fourth-order valence-corrected chi connectivity index (χ4v) is 3.66. The molecule has 0 aliphatic rings. The van der Waals surface area contributed by atoms with E-state index >= 15 is 0 Å². The lowest BCUT2D eigenvalue weighted by Gasteiger charge is -2.23. The van der Waals surface area contributed by atoms with Crippen LogP contribution in [-0.2, 0) is 20.0 Å². The maximum atomic E-state index is 13.3. The van der Waals surface area contributed by atoms with Gasteiger partial charge in [-0.2, -0.15) is 0 Å². The third-order valence-corrected chi connectivity index (χ3v) is 6.60. The number of nitrogens with zero attached hydrogens (tertiary/aromatic N) is 1. The second-order valence-electron chi connectivity index (χ2n) is 7.37. The molecule has 0 aliphatic carbocycles. The predicted molar refractivity (Wildman–Crippen MR) is 96.5 cm³/mol. The summed E-state index contributed by atoms with van der Waals surface area (Å²) in [6.07, 6.45) is 0. The molecule has 1 amide bonds. The minimum atomic E-state index is -4.14. The Balaban J connectivity index is 2.31. The molecule has 1 aromatic heterocycles. The molecule has 0 fully saturated rings. The molecular formula is C17H20ClFN2O4S. The molecule has 0 atom stereocenters. The van der Waals surface area contributed by atoms with Gasteiger partial charge in [0, 0.05) is 11.5 Å². The van der Waals surface area contributed by atoms with E-state index in [0.717, 1.165) is 18.2 Å². The summed E-state index contributed by atoms with van der Waals surface area (Å²) in [5, 5.41) is 5.85. The van der Waals surface area contributed by atoms with E-state index in [1.165, 1.54) is 19.9 Å². The maximum Gasteiger partial charge on any atom is 0.246 e. The fourth-order valence-electron chi connectivity index (χ4n) is 2.02. The zero-order valence-electron chi connectivity index (χ0n) is 15.1. The molecule has 1 N–H and O–H groups in total. The third kappa shape index (κ3) is 3.76. The van der Waals surface area contributed by atoms with Gasteiger partial charge in [-0.15, -0.1) is 0 Å². The SMILES string of the molecule is CC(C)(C)c1cc(NC(=O)C(C)(C)S(=O)(=O)c2ccc(F)c(Cl)c2)no1. The summed E-state index contributed by atoms with van der Waals surface area (Å²) in [5.41, 5.74) is -0.317. The Morgan fingerprint density at radius 3 is 2.31 bits per heavy atom. The van der Waals surface area contributed by atoms with E-state index in [-0.39, 0.29) is 21.2 Å². The lowest BCUT2D eigenvalue weighted by molar-refractivity contribution is -0.117. The van der Waals surface area contributed by atoms with Gasteiger partial charge in [-0.05, 0) is 32.0 Å². The van der Waals surface area contributed by atoms with Crippen molar-refractivity contribution >= 4 is 33.2 Å². The first-order valence-electron chi connectivity index (χ1n) is 7.75. The molecule has 0 aliphatic heterocycles. The van der Waals surface area contributed by atoms with E-state index in [1.807, 2.05) is 20.8 Å². The number of halogens is 2. The van der Waals surface area contributed by atoms with E-state index in [1.54, 1.807) is 0 Å². The molecule has 9 heteroatoms. The molecule has 6 nitrogen and oxygen atoms in total. The largest absolute Gasteiger partial charge is 0.359 e. The fraction of sp³-hybridized carbons (Fsp3) is 0.412. The number of rotatable bonds is 4. The minimum Gasteiger partial charge on any atom is -0.359 e. The number of carbonyl (C=O) groups excluding carboxylic acids is 1. The molecule has 2 aromatic rings. The summed E-state index contributed by atoms with van der Waals surface area (Å²) in [7, 11) is -4.14. The monoisotopic (exact) mass is 402 g/mol. The summed E-state index contributed by atoms with van der Waals surface area (Å²) < 4.78 is 42.3. The van der Waals surface area contributed by atoms with Gasteiger partial charge in [0.25, 0.3) is 0 Å². The summed E-state index contributed by atoms with van der Waals surface area (Å²) in [6.45, 7) is 8.22. The van der Waals surface area contributed by atoms with Crippen molar-refractivity contribution in [2.75, 3.05) is 5.32 Å². The molecule has 0 radical (unpaired) electrons. The van der Waals surface area contributed by atoms with Gasteiger partial charge in [0.2, 0.25) is 5.91 Å². The summed E-state index contributed by atoms with van der Waals surface area (Å²) in [4.78, 5) is 12.3. The molecule has 0 saturated carbocycles. The molecular weight excluding hydrogens is 383 g/mol. The van der Waals surface area contributed by atoms with Crippen LogP contribution in [0.3, 0.4) is 0 Å². The number of anilines is 1. The van der Waals surface area contributed by atoms with Crippen LogP contribution in [0.15, 0.2) is 33.7 Å². The number of hydrogen-bond acceptors (Lipinski definition) is 5. The van der Waals surface area contributed by atoms with Gasteiger partial charge in [-0.25, -0.2) is 12.8 Å². The first-order valence-corrected chi connectivity index (χ1v) is 9.61. The normalized spacial score (nSPS) is 12.9. The topological polar surface area (TPSA) is 89.3 Å². The number of benzene rings is 1. The van der Waals surface area contributed by atoms with Crippen LogP contribution in [0.25, 0.3) is 0 Å². The van der Waals surface area contributed by atoms with E-state index in [4.69, 9.17) is 16.1 Å². The highest BCUT2D eigenvalue weighted by Gasteiger charge is 2.43. The maximum absolute atomic E-state index is 13.3. The molecule has 142 valence electrons. The standard InChI is InChI=1S/C17H20ClFN2O4S/c1-16(2,3)13-9-14(21-25-13)20-15(22)17(4,5)26(23,24)10-6-7-12(19)11(18)8-10/h6-9H,1-5H3,(H,20,21,22). The number of nitrogens with one attached hydrogen (secondary N) is 1. The molecule has 1 aromatic carbocycles. The van der Waals surface area contributed by atoms with Gasteiger partial charge in [-0.3, -0.25) is 4.79 Å². The van der Waals surface area contributed by atoms with Crippen LogP contribution >= 0.6 is 11.6 Å². The van der Waals surface area contributed by atoms with E-state index in [0.29, 0.717) is 5.76 Å². The van der Waals surface area contributed by atoms with Gasteiger partial charge >= 0.3 is 0 Å². The number of sulfone groups is 1. The Bertz CT molecular complexity index is 946. The second kappa shape index (κ2) is 6.66. The number of amides is 1. The van der Waals surface area contributed by atoms with Crippen molar-refractivity contribution in [3.63, 3.8) is 0 Å². The summed E-state index contributed by atoms with van der Waals surface area (Å²) in [6, 6.07) is 4.53. The lowest BCUT2D eigenvalue weighted by Crippen LogP contribution is -2.44. The zero-order valence-corrected chi connectivity index (χ0v) is 16.6. The average Bonchev–Trinajstić information content (AvgIpc) is 2.98. The van der Waals surface area contributed by atoms with Crippen molar-refractivity contribution in [2.24, 2.45) is 0 Å². The summed E-state index contributed by atoms with van der Waals surface area (Å²) in [5.74, 6) is -0.893. The highest BCUT2D eigenvalue weighted by atomic mass is 35.5. The van der Waals surface area contributed by atoms with Crippen LogP contribution in [0.2, 0.25) is 5.02 Å². The Kier molecular flexibility index (Phi) is 5.22. The highest BCUT2D eigenvalue weighted by Crippen LogP contribution is 2.30. The molecule has 1 heterocycles. The van der Waals surface area contributed by atoms with Crippen LogP contribution in [0.4, 0.5) is 10.2 Å². The van der Waals surface area contributed by atoms with Crippen molar-refractivity contribution in [2.45, 2.75) is 49.7 Å². The number of hydrogen-bond donors (Lipinski definition) is 1. The predicted octanol–water partition coefficient (Wildman–Crippen LogP) is 3.96. The molecule has 0 unspecified atom stereocenters. The van der Waals surface area contributed by atoms with Gasteiger partial charge in [0.1, 0.15) is 16.3 Å². The first-order chi connectivity index (χ1) is 11.8. The summed E-state index contributed by atoms with van der Waals surface area (Å²) >= 11 is 5.66. The van der Waals surface area contributed by atoms with Gasteiger partial charge < -0.3 is 9.84 Å². The minimum absolute atomic E-state index is 0.111. The lowest BCUT2D eigenvalue weighted by atomic mass is 9.93. The smallest absolute Gasteiger partial charge is 0.246 e. The first kappa shape index (κ1) is 20.4. The van der Waals surface area contributed by atoms with Crippen LogP contribution in [0, 0.1) is 5.82 Å². The van der Waals surface area contributed by atoms with Gasteiger partial charge in [-0.1, -0.05) is 37.5 Å². The molecule has 26 heavy (non-hydrogen) atoms. The molecule has 2 rings (SSSR count). The molecule has 0 spiro atoms. The van der Waals surface area contributed by atoms with E-state index < -0.39 is 26.3 Å². The van der Waals surface area contributed by atoms with Crippen molar-refractivity contribution in [1.82, 2.24) is 5.16 Å². The van der Waals surface area contributed by atoms with Gasteiger partial charge in [0.05, 0.1) is 9.92 Å². The van der Waals surface area contributed by atoms with E-state index in [9.17, 15) is 17.6 Å². The number of aromatic nitrogens is 1. The quantitative estimate of drug-likeness (QED) is 0.782. The van der Waals surface area contributed by atoms with Crippen LogP contribution in [-0.4, -0.2) is 24.2 Å². The Morgan fingerprint density at radius 1 is 1.19 bits per heavy atom. The zero-order chi connectivity index (χ0) is 19.9. The Hall–Kier alpha value is -1.93. The van der Waals surface area contributed by atoms with E-state index in [2.05, 4.69) is 10.5 Å². The van der Waals surface area contributed by atoms with Crippen LogP contribution in [0.5, 0.6) is 0 Å². The van der Waals surface area contributed by atoms with Crippen molar-refractivity contribution in [1.29, 1.82) is 0 Å². The van der Waals surface area contributed by atoms with Gasteiger partial charge in [0.15, 0.2) is 15.7 Å². The molecule has 0 bridgehead atoms. The van der Waals surface area contributed by atoms with Crippen molar-refractivity contribution < 1.29 is 22.1 Å². The van der Waals surface area contributed by atoms with Crippen molar-refractivity contribution in [3.8, 4) is 0 Å². The third-order valence-electron chi connectivity index (χ3n) is 3.91. The average molecular weight is 403 g/mol. The Morgan fingerprint density at radius 2 is 1.81 bits per heavy atom. The second-order valence-corrected chi connectivity index (χ2v) is 10.3. The Labute approximate surface area is 156 Å². The number of carbonyl (C=O) groups is 1. The van der Waals surface area contributed by atoms with Crippen LogP contribution < -0.4 is 5.32 Å².